The molecule has 0 unspecified atom stereocenters. The Morgan fingerprint density at radius 1 is 0.339 bits per heavy atom. The third-order valence-electron chi connectivity index (χ3n) is 10.7. The van der Waals surface area contributed by atoms with Gasteiger partial charge >= 0.3 is 0 Å². The summed E-state index contributed by atoms with van der Waals surface area (Å²) in [5.74, 6) is 1.79. The largest absolute Gasteiger partial charge is 0.455 e. The van der Waals surface area contributed by atoms with Gasteiger partial charge in [0.05, 0.1) is 16.6 Å². The van der Waals surface area contributed by atoms with Crippen LogP contribution in [0.25, 0.3) is 106 Å². The molecule has 0 fully saturated rings. The molecule has 0 atom stereocenters. The van der Waals surface area contributed by atoms with Crippen molar-refractivity contribution >= 4 is 43.7 Å². The molecule has 8 aromatic carbocycles. The van der Waals surface area contributed by atoms with Crippen molar-refractivity contribution in [2.45, 2.75) is 0 Å². The molecule has 0 amide bonds. The highest BCUT2D eigenvalue weighted by atomic mass is 16.3. The SMILES string of the molecule is c1ccc(-c2ccc(-c3cccc(-n4c5ccccc5c5cc6c(cc54)oc4c(-c5nc(-c7ccccc7)nc(-c7ccccc7)n5)cccc46)c3)cc2)cc1. The van der Waals surface area contributed by atoms with Crippen molar-refractivity contribution in [2.24, 2.45) is 0 Å². The van der Waals surface area contributed by atoms with Crippen LogP contribution in [0.1, 0.15) is 0 Å². The first-order chi connectivity index (χ1) is 27.7. The van der Waals surface area contributed by atoms with Crippen LogP contribution in [0.4, 0.5) is 0 Å². The Morgan fingerprint density at radius 3 is 1.57 bits per heavy atom. The van der Waals surface area contributed by atoms with Gasteiger partial charge in [0.2, 0.25) is 0 Å². The predicted octanol–water partition coefficient (Wildman–Crippen LogP) is 13.2. The number of hydrogen-bond donors (Lipinski definition) is 0. The first-order valence-corrected chi connectivity index (χ1v) is 18.8. The van der Waals surface area contributed by atoms with Crippen molar-refractivity contribution < 1.29 is 4.42 Å². The smallest absolute Gasteiger partial charge is 0.167 e. The number of nitrogens with zero attached hydrogens (tertiary/aromatic N) is 4. The Balaban J connectivity index is 1.07. The van der Waals surface area contributed by atoms with Crippen molar-refractivity contribution in [3.05, 3.63) is 194 Å². The van der Waals surface area contributed by atoms with E-state index in [2.05, 4.69) is 132 Å². The molecule has 56 heavy (non-hydrogen) atoms. The lowest BCUT2D eigenvalue weighted by Gasteiger charge is -2.11. The molecule has 0 bridgehead atoms. The summed E-state index contributed by atoms with van der Waals surface area (Å²) < 4.78 is 9.20. The summed E-state index contributed by atoms with van der Waals surface area (Å²) in [6.07, 6.45) is 0. The molecule has 0 spiro atoms. The summed E-state index contributed by atoms with van der Waals surface area (Å²) in [7, 11) is 0. The number of furan rings is 1. The van der Waals surface area contributed by atoms with Gasteiger partial charge in [-0.15, -0.1) is 0 Å². The second-order valence-electron chi connectivity index (χ2n) is 14.0. The third-order valence-corrected chi connectivity index (χ3v) is 10.7. The average molecular weight is 717 g/mol. The predicted molar refractivity (Wildman–Crippen MR) is 229 cm³/mol. The van der Waals surface area contributed by atoms with Crippen molar-refractivity contribution in [1.82, 2.24) is 19.5 Å². The third kappa shape index (κ3) is 5.37. The summed E-state index contributed by atoms with van der Waals surface area (Å²) in [6, 6.07) is 67.5. The minimum Gasteiger partial charge on any atom is -0.455 e. The lowest BCUT2D eigenvalue weighted by atomic mass is 10.00. The number of benzene rings is 8. The van der Waals surface area contributed by atoms with Gasteiger partial charge in [-0.1, -0.05) is 158 Å². The normalized spacial score (nSPS) is 11.6. The minimum absolute atomic E-state index is 0.565. The molecule has 0 saturated carbocycles. The van der Waals surface area contributed by atoms with E-state index in [9.17, 15) is 0 Å². The maximum absolute atomic E-state index is 6.85. The van der Waals surface area contributed by atoms with Crippen molar-refractivity contribution in [3.63, 3.8) is 0 Å². The first-order valence-electron chi connectivity index (χ1n) is 18.8. The van der Waals surface area contributed by atoms with E-state index in [1.54, 1.807) is 0 Å². The molecule has 0 N–H and O–H groups in total. The first kappa shape index (κ1) is 31.9. The van der Waals surface area contributed by atoms with E-state index in [0.717, 1.165) is 66.3 Å². The second kappa shape index (κ2) is 13.0. The number of aromatic nitrogens is 4. The van der Waals surface area contributed by atoms with Gasteiger partial charge in [0.25, 0.3) is 0 Å². The summed E-state index contributed by atoms with van der Waals surface area (Å²) in [5, 5.41) is 4.41. The van der Waals surface area contributed by atoms with Crippen molar-refractivity contribution in [2.75, 3.05) is 0 Å². The van der Waals surface area contributed by atoms with Crippen LogP contribution in [0.15, 0.2) is 199 Å². The Kier molecular flexibility index (Phi) is 7.42. The van der Waals surface area contributed by atoms with Crippen LogP contribution in [-0.4, -0.2) is 19.5 Å². The number of rotatable bonds is 6. The highest BCUT2D eigenvalue weighted by Crippen LogP contribution is 2.41. The van der Waals surface area contributed by atoms with Gasteiger partial charge in [0, 0.05) is 44.4 Å². The van der Waals surface area contributed by atoms with Crippen LogP contribution in [0.5, 0.6) is 0 Å². The van der Waals surface area contributed by atoms with Gasteiger partial charge in [0.1, 0.15) is 11.2 Å². The summed E-state index contributed by atoms with van der Waals surface area (Å²) in [6.45, 7) is 0. The van der Waals surface area contributed by atoms with Crippen LogP contribution in [0.2, 0.25) is 0 Å². The van der Waals surface area contributed by atoms with Crippen LogP contribution in [-0.2, 0) is 0 Å². The van der Waals surface area contributed by atoms with E-state index in [1.807, 2.05) is 66.7 Å². The maximum Gasteiger partial charge on any atom is 0.167 e. The maximum atomic E-state index is 6.85. The standard InChI is InChI=1S/C51H32N4O/c1-4-14-33(15-5-1)34-26-28-35(29-27-34)38-20-12-21-39(30-38)55-45-25-11-10-22-40(45)43-31-44-41-23-13-24-42(48(41)56-47(44)32-46(43)55)51-53-49(36-16-6-2-7-17-36)52-50(54-51)37-18-8-3-9-19-37/h1-32H. The molecule has 3 heterocycles. The van der Waals surface area contributed by atoms with Gasteiger partial charge in [-0.05, 0) is 52.6 Å². The minimum atomic E-state index is 0.565. The average Bonchev–Trinajstić information content (AvgIpc) is 3.81. The van der Waals surface area contributed by atoms with Gasteiger partial charge in [-0.2, -0.15) is 0 Å². The molecule has 0 saturated heterocycles. The fourth-order valence-electron chi connectivity index (χ4n) is 7.95. The van der Waals surface area contributed by atoms with E-state index < -0.39 is 0 Å². The molecule has 0 aliphatic heterocycles. The van der Waals surface area contributed by atoms with Gasteiger partial charge < -0.3 is 8.98 Å². The van der Waals surface area contributed by atoms with Crippen LogP contribution < -0.4 is 0 Å². The molecule has 11 rings (SSSR count). The van der Waals surface area contributed by atoms with E-state index >= 15 is 0 Å². The Hall–Kier alpha value is -7.63. The zero-order valence-corrected chi connectivity index (χ0v) is 30.2. The van der Waals surface area contributed by atoms with Crippen molar-refractivity contribution in [3.8, 4) is 62.1 Å². The van der Waals surface area contributed by atoms with Crippen LogP contribution in [0, 0.1) is 0 Å². The topological polar surface area (TPSA) is 56.7 Å². The van der Waals surface area contributed by atoms with Crippen LogP contribution >= 0.6 is 0 Å². The molecule has 0 aliphatic carbocycles. The van der Waals surface area contributed by atoms with Gasteiger partial charge in [0.15, 0.2) is 17.5 Å². The van der Waals surface area contributed by atoms with E-state index in [0.29, 0.717) is 17.5 Å². The molecular weight excluding hydrogens is 685 g/mol. The Labute approximate surface area is 322 Å². The quantitative estimate of drug-likeness (QED) is 0.172. The van der Waals surface area contributed by atoms with Gasteiger partial charge in [-0.3, -0.25) is 0 Å². The molecule has 262 valence electrons. The molecule has 3 aromatic heterocycles. The summed E-state index contributed by atoms with van der Waals surface area (Å²) in [4.78, 5) is 15.0. The Morgan fingerprint density at radius 2 is 0.875 bits per heavy atom. The highest BCUT2D eigenvalue weighted by molar-refractivity contribution is 6.18. The lowest BCUT2D eigenvalue weighted by Crippen LogP contribution is -2.00. The fourth-order valence-corrected chi connectivity index (χ4v) is 7.95. The zero-order valence-electron chi connectivity index (χ0n) is 30.2. The zero-order chi connectivity index (χ0) is 37.0. The number of para-hydroxylation sites is 2. The highest BCUT2D eigenvalue weighted by Gasteiger charge is 2.20. The summed E-state index contributed by atoms with van der Waals surface area (Å²) >= 11 is 0. The van der Waals surface area contributed by atoms with Crippen LogP contribution in [0.3, 0.4) is 0 Å². The molecule has 5 nitrogen and oxygen atoms in total. The monoisotopic (exact) mass is 716 g/mol. The second-order valence-corrected chi connectivity index (χ2v) is 14.0. The lowest BCUT2D eigenvalue weighted by molar-refractivity contribution is 0.670. The molecule has 0 aliphatic rings. The van der Waals surface area contributed by atoms with Gasteiger partial charge in [-0.25, -0.2) is 15.0 Å². The van der Waals surface area contributed by atoms with Crippen molar-refractivity contribution in [1.29, 1.82) is 0 Å². The molecular formula is C51H32N4O. The summed E-state index contributed by atoms with van der Waals surface area (Å²) in [5.41, 5.74) is 12.3. The fraction of sp³-hybridized carbons (Fsp3) is 0. The van der Waals surface area contributed by atoms with E-state index in [-0.39, 0.29) is 0 Å². The molecule has 5 heteroatoms. The number of hydrogen-bond acceptors (Lipinski definition) is 4. The van der Waals surface area contributed by atoms with E-state index in [4.69, 9.17) is 19.4 Å². The Bertz CT molecular complexity index is 3160. The number of fused-ring (bicyclic) bond motifs is 6. The van der Waals surface area contributed by atoms with E-state index in [1.165, 1.54) is 22.1 Å². The molecule has 11 aromatic rings. The molecule has 0 radical (unpaired) electrons.